The van der Waals surface area contributed by atoms with Crippen LogP contribution in [0, 0.1) is 0 Å². The van der Waals surface area contributed by atoms with E-state index in [1.165, 1.54) is 0 Å². The summed E-state index contributed by atoms with van der Waals surface area (Å²) in [4.78, 5) is 11.8. The molecular formula is C8H10ClN3O3S2. The zero-order valence-electron chi connectivity index (χ0n) is 8.93. The summed E-state index contributed by atoms with van der Waals surface area (Å²) in [5.41, 5.74) is -0.728. The molecule has 1 fully saturated rings. The molecule has 9 heteroatoms. The predicted molar refractivity (Wildman–Crippen MR) is 64.1 cm³/mol. The van der Waals surface area contributed by atoms with Crippen LogP contribution in [0.1, 0.15) is 23.1 Å². The van der Waals surface area contributed by atoms with Crippen molar-refractivity contribution >= 4 is 38.7 Å². The van der Waals surface area contributed by atoms with Gasteiger partial charge in [-0.1, -0.05) is 11.3 Å². The van der Waals surface area contributed by atoms with Gasteiger partial charge in [-0.05, 0) is 24.9 Å². The first-order valence-corrected chi connectivity index (χ1v) is 7.83. The lowest BCUT2D eigenvalue weighted by Gasteiger charge is -2.22. The Morgan fingerprint density at radius 1 is 1.53 bits per heavy atom. The average molecular weight is 296 g/mol. The molecule has 0 bridgehead atoms. The minimum absolute atomic E-state index is 0.0434. The highest BCUT2D eigenvalue weighted by Crippen LogP contribution is 2.24. The van der Waals surface area contributed by atoms with Gasteiger partial charge < -0.3 is 5.32 Å². The zero-order valence-corrected chi connectivity index (χ0v) is 11.3. The summed E-state index contributed by atoms with van der Waals surface area (Å²) in [5, 5.41) is 9.93. The molecule has 2 rings (SSSR count). The summed E-state index contributed by atoms with van der Waals surface area (Å²) < 4.78 is 22.9. The van der Waals surface area contributed by atoms with Gasteiger partial charge in [0, 0.05) is 0 Å². The second-order valence-electron chi connectivity index (χ2n) is 4.22. The van der Waals surface area contributed by atoms with Crippen molar-refractivity contribution in [2.45, 2.75) is 18.9 Å². The number of carbonyl (C=O) groups excluding carboxylic acids is 1. The highest BCUT2D eigenvalue weighted by molar-refractivity contribution is 7.91. The van der Waals surface area contributed by atoms with Crippen LogP contribution in [-0.4, -0.2) is 41.6 Å². The second kappa shape index (κ2) is 4.18. The van der Waals surface area contributed by atoms with Crippen molar-refractivity contribution in [3.05, 3.63) is 9.47 Å². The van der Waals surface area contributed by atoms with E-state index in [-0.39, 0.29) is 21.0 Å². The normalized spacial score (nSPS) is 26.9. The van der Waals surface area contributed by atoms with Crippen molar-refractivity contribution in [2.24, 2.45) is 0 Å². The largest absolute Gasteiger partial charge is 0.344 e. The van der Waals surface area contributed by atoms with Gasteiger partial charge >= 0.3 is 0 Å². The fourth-order valence-corrected chi connectivity index (χ4v) is 4.55. The molecule has 1 N–H and O–H groups in total. The molecule has 1 atom stereocenters. The molecule has 2 heterocycles. The van der Waals surface area contributed by atoms with Gasteiger partial charge in [-0.15, -0.1) is 10.2 Å². The summed E-state index contributed by atoms with van der Waals surface area (Å²) in [6.45, 7) is 1.71. The molecule has 1 amide bonds. The number of nitrogens with one attached hydrogen (secondary N) is 1. The molecule has 94 valence electrons. The zero-order chi connectivity index (χ0) is 12.7. The Morgan fingerprint density at radius 3 is 2.71 bits per heavy atom. The van der Waals surface area contributed by atoms with Crippen LogP contribution >= 0.6 is 22.9 Å². The minimum atomic E-state index is -3.05. The molecule has 0 radical (unpaired) electrons. The maximum Gasteiger partial charge on any atom is 0.282 e. The van der Waals surface area contributed by atoms with Gasteiger partial charge in [-0.25, -0.2) is 8.42 Å². The number of amides is 1. The standard InChI is InChI=1S/C8H10ClN3O3S2/c1-8(2-3-17(14,15)4-8)10-5(13)6-11-12-7(9)16-6/h2-4H2,1H3,(H,10,13). The topological polar surface area (TPSA) is 89.0 Å². The third-order valence-electron chi connectivity index (χ3n) is 2.51. The van der Waals surface area contributed by atoms with E-state index in [1.807, 2.05) is 0 Å². The third kappa shape index (κ3) is 2.93. The summed E-state index contributed by atoms with van der Waals surface area (Å²) in [6, 6.07) is 0. The number of hydrogen-bond donors (Lipinski definition) is 1. The highest BCUT2D eigenvalue weighted by atomic mass is 35.5. The van der Waals surface area contributed by atoms with Crippen LogP contribution in [0.5, 0.6) is 0 Å². The maximum atomic E-state index is 11.8. The number of halogens is 1. The van der Waals surface area contributed by atoms with Crippen LogP contribution in [0.15, 0.2) is 0 Å². The quantitative estimate of drug-likeness (QED) is 0.858. The first-order chi connectivity index (χ1) is 7.80. The number of carbonyl (C=O) groups is 1. The molecule has 17 heavy (non-hydrogen) atoms. The van der Waals surface area contributed by atoms with E-state index in [0.717, 1.165) is 11.3 Å². The van der Waals surface area contributed by atoms with Crippen LogP contribution in [0.4, 0.5) is 0 Å². The number of aromatic nitrogens is 2. The Morgan fingerprint density at radius 2 is 2.24 bits per heavy atom. The third-order valence-corrected chi connectivity index (χ3v) is 5.43. The molecule has 0 aliphatic carbocycles. The summed E-state index contributed by atoms with van der Waals surface area (Å²) in [5.74, 6) is -0.382. The van der Waals surface area contributed by atoms with E-state index in [9.17, 15) is 13.2 Å². The summed E-state index contributed by atoms with van der Waals surface area (Å²) in [6.07, 6.45) is 0.410. The van der Waals surface area contributed by atoms with Crippen LogP contribution in [0.25, 0.3) is 0 Å². The molecule has 6 nitrogen and oxygen atoms in total. The Labute approximate surface area is 107 Å². The SMILES string of the molecule is CC1(NC(=O)c2nnc(Cl)s2)CCS(=O)(=O)C1. The van der Waals surface area contributed by atoms with Crippen LogP contribution in [0.3, 0.4) is 0 Å². The Balaban J connectivity index is 2.10. The first-order valence-electron chi connectivity index (χ1n) is 4.82. The van der Waals surface area contributed by atoms with Crippen LogP contribution in [-0.2, 0) is 9.84 Å². The highest BCUT2D eigenvalue weighted by Gasteiger charge is 2.40. The lowest BCUT2D eigenvalue weighted by molar-refractivity contribution is 0.0914. The van der Waals surface area contributed by atoms with E-state index < -0.39 is 21.3 Å². The molecule has 1 aliphatic heterocycles. The van der Waals surface area contributed by atoms with Gasteiger partial charge in [0.1, 0.15) is 0 Å². The van der Waals surface area contributed by atoms with E-state index in [0.29, 0.717) is 6.42 Å². The van der Waals surface area contributed by atoms with Gasteiger partial charge in [-0.2, -0.15) is 0 Å². The van der Waals surface area contributed by atoms with E-state index >= 15 is 0 Å². The number of sulfone groups is 1. The molecule has 1 unspecified atom stereocenters. The molecule has 1 aliphatic rings. The van der Waals surface area contributed by atoms with Crippen molar-refractivity contribution in [3.8, 4) is 0 Å². The number of nitrogens with zero attached hydrogens (tertiary/aromatic N) is 2. The maximum absolute atomic E-state index is 11.8. The molecule has 0 aromatic carbocycles. The number of rotatable bonds is 2. The Bertz CT molecular complexity index is 556. The lowest BCUT2D eigenvalue weighted by Crippen LogP contribution is -2.46. The molecule has 0 spiro atoms. The van der Waals surface area contributed by atoms with Crippen molar-refractivity contribution in [3.63, 3.8) is 0 Å². The van der Waals surface area contributed by atoms with Crippen molar-refractivity contribution in [2.75, 3.05) is 11.5 Å². The fraction of sp³-hybridized carbons (Fsp3) is 0.625. The predicted octanol–water partition coefficient (Wildman–Crippen LogP) is 0.499. The van der Waals surface area contributed by atoms with Crippen LogP contribution < -0.4 is 5.32 Å². The van der Waals surface area contributed by atoms with E-state index in [2.05, 4.69) is 15.5 Å². The van der Waals surface area contributed by atoms with Gasteiger partial charge in [0.25, 0.3) is 5.91 Å². The Kier molecular flexibility index (Phi) is 3.13. The lowest BCUT2D eigenvalue weighted by atomic mass is 10.0. The molecular weight excluding hydrogens is 286 g/mol. The molecule has 1 aromatic heterocycles. The second-order valence-corrected chi connectivity index (χ2v) is 7.96. The summed E-state index contributed by atoms with van der Waals surface area (Å²) in [7, 11) is -3.05. The van der Waals surface area contributed by atoms with E-state index in [1.54, 1.807) is 6.92 Å². The van der Waals surface area contributed by atoms with Crippen molar-refractivity contribution < 1.29 is 13.2 Å². The van der Waals surface area contributed by atoms with Gasteiger partial charge in [0.15, 0.2) is 9.84 Å². The molecule has 1 saturated heterocycles. The van der Waals surface area contributed by atoms with E-state index in [4.69, 9.17) is 11.6 Å². The van der Waals surface area contributed by atoms with Gasteiger partial charge in [0.05, 0.1) is 17.0 Å². The Hall–Kier alpha value is -0.730. The smallest absolute Gasteiger partial charge is 0.282 e. The average Bonchev–Trinajstić information content (AvgIpc) is 2.71. The fourth-order valence-electron chi connectivity index (χ4n) is 1.73. The van der Waals surface area contributed by atoms with Crippen LogP contribution in [0.2, 0.25) is 4.47 Å². The minimum Gasteiger partial charge on any atom is -0.344 e. The van der Waals surface area contributed by atoms with Crippen molar-refractivity contribution in [1.82, 2.24) is 15.5 Å². The van der Waals surface area contributed by atoms with Crippen molar-refractivity contribution in [1.29, 1.82) is 0 Å². The molecule has 1 aromatic rings. The first kappa shape index (κ1) is 12.7. The van der Waals surface area contributed by atoms with Gasteiger partial charge in [-0.3, -0.25) is 4.79 Å². The van der Waals surface area contributed by atoms with Gasteiger partial charge in [0.2, 0.25) is 9.47 Å². The summed E-state index contributed by atoms with van der Waals surface area (Å²) >= 11 is 6.53. The monoisotopic (exact) mass is 295 g/mol. The molecule has 0 saturated carbocycles. The number of hydrogen-bond acceptors (Lipinski definition) is 6.